The molecule has 0 spiro atoms. The molecule has 0 saturated carbocycles. The first-order chi connectivity index (χ1) is 7.77. The molecule has 0 heterocycles. The highest BCUT2D eigenvalue weighted by molar-refractivity contribution is 6.02. The Morgan fingerprint density at radius 2 is 2.12 bits per heavy atom. The molecule has 3 nitrogen and oxygen atoms in total. The highest BCUT2D eigenvalue weighted by atomic mass is 16.1. The summed E-state index contributed by atoms with van der Waals surface area (Å²) in [5.74, 6) is -0.201. The number of nitrogens with zero attached hydrogens (tertiary/aromatic N) is 2. The van der Waals surface area contributed by atoms with E-state index in [1.165, 1.54) is 6.08 Å². The Morgan fingerprint density at radius 3 is 2.81 bits per heavy atom. The first-order valence-electron chi connectivity index (χ1n) is 4.90. The van der Waals surface area contributed by atoms with Crippen molar-refractivity contribution in [2.45, 2.75) is 12.3 Å². The predicted octanol–water partition coefficient (Wildman–Crippen LogP) is 2.33. The number of hydrogen-bond acceptors (Lipinski definition) is 3. The maximum Gasteiger partial charge on any atom is 0.164 e. The largest absolute Gasteiger partial charge is 0.294 e. The quantitative estimate of drug-likeness (QED) is 0.665. The van der Waals surface area contributed by atoms with Crippen molar-refractivity contribution in [1.82, 2.24) is 0 Å². The molecule has 0 radical (unpaired) electrons. The minimum Gasteiger partial charge on any atom is -0.294 e. The van der Waals surface area contributed by atoms with Crippen LogP contribution in [0.15, 0.2) is 35.9 Å². The number of nitriles is 2. The van der Waals surface area contributed by atoms with E-state index in [4.69, 9.17) is 10.5 Å². The van der Waals surface area contributed by atoms with Crippen LogP contribution in [0, 0.1) is 22.7 Å². The lowest BCUT2D eigenvalue weighted by Gasteiger charge is -2.07. The Bertz CT molecular complexity index is 558. The maximum atomic E-state index is 11.7. The lowest BCUT2D eigenvalue weighted by molar-refractivity contribution is 0.0991. The van der Waals surface area contributed by atoms with Gasteiger partial charge < -0.3 is 0 Å². The molecule has 0 N–H and O–H groups in total. The van der Waals surface area contributed by atoms with E-state index in [2.05, 4.69) is 0 Å². The number of carbonyl (C=O) groups is 1. The van der Waals surface area contributed by atoms with Gasteiger partial charge in [-0.15, -0.1) is 0 Å². The molecule has 0 fully saturated rings. The highest BCUT2D eigenvalue weighted by Gasteiger charge is 2.31. The Hall–Kier alpha value is -2.39. The van der Waals surface area contributed by atoms with Crippen LogP contribution in [0.1, 0.15) is 28.3 Å². The van der Waals surface area contributed by atoms with E-state index in [0.29, 0.717) is 17.6 Å². The topological polar surface area (TPSA) is 64.7 Å². The molecule has 1 atom stereocenters. The van der Waals surface area contributed by atoms with Crippen LogP contribution in [0.3, 0.4) is 0 Å². The van der Waals surface area contributed by atoms with Crippen LogP contribution in [0.4, 0.5) is 0 Å². The second-order valence-corrected chi connectivity index (χ2v) is 3.61. The van der Waals surface area contributed by atoms with Crippen molar-refractivity contribution in [3.05, 3.63) is 47.0 Å². The average Bonchev–Trinajstić information content (AvgIpc) is 2.65. The molecular formula is C13H8N2O. The minimum absolute atomic E-state index is 0.0414. The van der Waals surface area contributed by atoms with E-state index in [-0.39, 0.29) is 11.7 Å². The molecule has 0 aromatic heterocycles. The molecule has 1 aromatic rings. The molecule has 76 valence electrons. The van der Waals surface area contributed by atoms with Crippen molar-refractivity contribution in [3.63, 3.8) is 0 Å². The molecule has 0 bridgehead atoms. The zero-order chi connectivity index (χ0) is 11.5. The van der Waals surface area contributed by atoms with Crippen molar-refractivity contribution in [2.24, 2.45) is 0 Å². The van der Waals surface area contributed by atoms with Crippen LogP contribution in [-0.2, 0) is 0 Å². The maximum absolute atomic E-state index is 11.7. The van der Waals surface area contributed by atoms with Crippen molar-refractivity contribution in [1.29, 1.82) is 10.5 Å². The van der Waals surface area contributed by atoms with Crippen LogP contribution in [0.25, 0.3) is 0 Å². The standard InChI is InChI=1S/C13H8N2O/c14-6-5-9(8-15)12-7-13(16)11-4-2-1-3-10(11)12/h1-5,12H,7H2. The van der Waals surface area contributed by atoms with Crippen LogP contribution >= 0.6 is 0 Å². The summed E-state index contributed by atoms with van der Waals surface area (Å²) in [5, 5.41) is 17.5. The Kier molecular flexibility index (Phi) is 2.54. The second kappa shape index (κ2) is 4.00. The lowest BCUT2D eigenvalue weighted by atomic mass is 9.93. The van der Waals surface area contributed by atoms with Crippen LogP contribution in [0.5, 0.6) is 0 Å². The fourth-order valence-electron chi connectivity index (χ4n) is 2.02. The van der Waals surface area contributed by atoms with Crippen molar-refractivity contribution in [2.75, 3.05) is 0 Å². The summed E-state index contributed by atoms with van der Waals surface area (Å²) >= 11 is 0. The molecule has 0 aliphatic heterocycles. The monoisotopic (exact) mass is 208 g/mol. The van der Waals surface area contributed by atoms with Gasteiger partial charge in [0.15, 0.2) is 5.78 Å². The minimum atomic E-state index is -0.242. The summed E-state index contributed by atoms with van der Waals surface area (Å²) < 4.78 is 0. The number of Topliss-reactive ketones (excluding diaryl/α,β-unsaturated/α-hetero) is 1. The third-order valence-corrected chi connectivity index (χ3v) is 2.75. The molecule has 0 amide bonds. The normalized spacial score (nSPS) is 18.8. The number of allylic oxidation sites excluding steroid dienone is 2. The Morgan fingerprint density at radius 1 is 1.38 bits per heavy atom. The van der Waals surface area contributed by atoms with Gasteiger partial charge in [0.2, 0.25) is 0 Å². The third-order valence-electron chi connectivity index (χ3n) is 2.75. The van der Waals surface area contributed by atoms with E-state index >= 15 is 0 Å². The van der Waals surface area contributed by atoms with Crippen molar-refractivity contribution < 1.29 is 4.79 Å². The van der Waals surface area contributed by atoms with Crippen LogP contribution in [0.2, 0.25) is 0 Å². The highest BCUT2D eigenvalue weighted by Crippen LogP contribution is 2.37. The van der Waals surface area contributed by atoms with Gasteiger partial charge in [0.25, 0.3) is 0 Å². The van der Waals surface area contributed by atoms with Crippen molar-refractivity contribution in [3.8, 4) is 12.1 Å². The number of rotatable bonds is 1. The summed E-state index contributed by atoms with van der Waals surface area (Å²) in [5.41, 5.74) is 1.89. The van der Waals surface area contributed by atoms with E-state index < -0.39 is 0 Å². The summed E-state index contributed by atoms with van der Waals surface area (Å²) in [4.78, 5) is 11.7. The number of carbonyl (C=O) groups excluding carboxylic acids is 1. The molecule has 2 rings (SSSR count). The number of benzene rings is 1. The summed E-state index contributed by atoms with van der Waals surface area (Å²) in [7, 11) is 0. The fraction of sp³-hybridized carbons (Fsp3) is 0.154. The van der Waals surface area contributed by atoms with E-state index in [9.17, 15) is 4.79 Å². The third kappa shape index (κ3) is 1.49. The van der Waals surface area contributed by atoms with Gasteiger partial charge in [-0.2, -0.15) is 10.5 Å². The van der Waals surface area contributed by atoms with Gasteiger partial charge in [0.1, 0.15) is 0 Å². The molecule has 0 saturated heterocycles. The average molecular weight is 208 g/mol. The summed E-state index contributed by atoms with van der Waals surface area (Å²) in [6.07, 6.45) is 1.51. The Balaban J connectivity index is 2.50. The van der Waals surface area contributed by atoms with Crippen LogP contribution < -0.4 is 0 Å². The molecule has 3 heteroatoms. The van der Waals surface area contributed by atoms with Gasteiger partial charge in [-0.25, -0.2) is 0 Å². The molecule has 16 heavy (non-hydrogen) atoms. The zero-order valence-corrected chi connectivity index (χ0v) is 8.47. The van der Waals surface area contributed by atoms with Gasteiger partial charge in [0.05, 0.1) is 12.1 Å². The number of fused-ring (bicyclic) bond motifs is 1. The Labute approximate surface area is 93.2 Å². The first kappa shape index (κ1) is 10.1. The summed E-state index contributed by atoms with van der Waals surface area (Å²) in [6, 6.07) is 11.1. The summed E-state index contributed by atoms with van der Waals surface area (Å²) in [6.45, 7) is 0. The van der Waals surface area contributed by atoms with Crippen molar-refractivity contribution >= 4 is 5.78 Å². The zero-order valence-electron chi connectivity index (χ0n) is 8.47. The molecule has 1 unspecified atom stereocenters. The van der Waals surface area contributed by atoms with E-state index in [1.807, 2.05) is 24.3 Å². The molecule has 1 aliphatic carbocycles. The smallest absolute Gasteiger partial charge is 0.164 e. The van der Waals surface area contributed by atoms with Crippen LogP contribution in [-0.4, -0.2) is 5.78 Å². The predicted molar refractivity (Wildman–Crippen MR) is 57.4 cm³/mol. The molecule has 1 aromatic carbocycles. The second-order valence-electron chi connectivity index (χ2n) is 3.61. The lowest BCUT2D eigenvalue weighted by Crippen LogP contribution is -1.97. The van der Waals surface area contributed by atoms with E-state index in [0.717, 1.165) is 5.56 Å². The number of hydrogen-bond donors (Lipinski definition) is 0. The number of ketones is 1. The van der Waals surface area contributed by atoms with Gasteiger partial charge in [0, 0.05) is 29.6 Å². The molecule has 1 aliphatic rings. The fourth-order valence-corrected chi connectivity index (χ4v) is 2.02. The van der Waals surface area contributed by atoms with Gasteiger partial charge >= 0.3 is 0 Å². The van der Waals surface area contributed by atoms with E-state index in [1.54, 1.807) is 12.1 Å². The SMILES string of the molecule is N#CC=C(C#N)C1CC(=O)c2ccccc21. The van der Waals surface area contributed by atoms with Gasteiger partial charge in [-0.3, -0.25) is 4.79 Å². The first-order valence-corrected chi connectivity index (χ1v) is 4.90. The van der Waals surface area contributed by atoms with Gasteiger partial charge in [-0.05, 0) is 5.56 Å². The van der Waals surface area contributed by atoms with Gasteiger partial charge in [-0.1, -0.05) is 24.3 Å². The molecular weight excluding hydrogens is 200 g/mol.